The van der Waals surface area contributed by atoms with Crippen LogP contribution in [0.4, 0.5) is 5.13 Å². The van der Waals surface area contributed by atoms with Crippen molar-refractivity contribution in [2.75, 3.05) is 11.6 Å². The molecule has 0 aliphatic carbocycles. The van der Waals surface area contributed by atoms with Crippen LogP contribution in [0.15, 0.2) is 40.1 Å². The standard InChI is InChI=1S/C14H12N4OS3/c1-20-14-18-17-13(22-14)16-11(19)7-10-8-21-12(15-10)9-5-3-2-4-6-9/h2-6,8H,7H2,1H3,(H,16,17,19). The molecule has 0 spiro atoms. The molecule has 5 nitrogen and oxygen atoms in total. The van der Waals surface area contributed by atoms with Gasteiger partial charge in [-0.15, -0.1) is 21.5 Å². The Morgan fingerprint density at radius 2 is 2.09 bits per heavy atom. The quantitative estimate of drug-likeness (QED) is 0.564. The zero-order valence-corrected chi connectivity index (χ0v) is 14.1. The van der Waals surface area contributed by atoms with Crippen molar-refractivity contribution in [3.8, 4) is 10.6 Å². The molecule has 3 aromatic rings. The van der Waals surface area contributed by atoms with E-state index in [1.165, 1.54) is 34.4 Å². The van der Waals surface area contributed by atoms with Gasteiger partial charge in [0.25, 0.3) is 0 Å². The summed E-state index contributed by atoms with van der Waals surface area (Å²) in [5.74, 6) is -0.131. The maximum absolute atomic E-state index is 12.0. The van der Waals surface area contributed by atoms with Gasteiger partial charge in [-0.25, -0.2) is 4.98 Å². The summed E-state index contributed by atoms with van der Waals surface area (Å²) >= 11 is 4.41. The van der Waals surface area contributed by atoms with E-state index in [-0.39, 0.29) is 12.3 Å². The molecule has 0 bridgehead atoms. The van der Waals surface area contributed by atoms with Crippen molar-refractivity contribution in [1.82, 2.24) is 15.2 Å². The van der Waals surface area contributed by atoms with Crippen molar-refractivity contribution in [2.45, 2.75) is 10.8 Å². The molecule has 2 heterocycles. The number of nitrogens with one attached hydrogen (secondary N) is 1. The highest BCUT2D eigenvalue weighted by Crippen LogP contribution is 2.25. The fourth-order valence-corrected chi connectivity index (χ4v) is 3.78. The van der Waals surface area contributed by atoms with Crippen molar-refractivity contribution < 1.29 is 4.79 Å². The zero-order chi connectivity index (χ0) is 15.4. The van der Waals surface area contributed by atoms with Crippen LogP contribution in [0.3, 0.4) is 0 Å². The first kappa shape index (κ1) is 15.1. The molecule has 3 rings (SSSR count). The molecule has 1 aromatic carbocycles. The summed E-state index contributed by atoms with van der Waals surface area (Å²) in [5, 5.41) is 14.0. The normalized spacial score (nSPS) is 10.6. The number of aromatic nitrogens is 3. The Morgan fingerprint density at radius 3 is 2.82 bits per heavy atom. The molecule has 0 atom stereocenters. The second-order valence-corrected chi connectivity index (χ2v) is 7.20. The maximum atomic E-state index is 12.0. The number of rotatable bonds is 5. The molecule has 0 saturated heterocycles. The average molecular weight is 348 g/mol. The molecule has 0 aliphatic heterocycles. The van der Waals surface area contributed by atoms with Crippen LogP contribution in [0.1, 0.15) is 5.69 Å². The minimum Gasteiger partial charge on any atom is -0.300 e. The van der Waals surface area contributed by atoms with Gasteiger partial charge >= 0.3 is 0 Å². The predicted octanol–water partition coefficient (Wildman–Crippen LogP) is 3.56. The van der Waals surface area contributed by atoms with E-state index in [1.54, 1.807) is 0 Å². The summed E-state index contributed by atoms with van der Waals surface area (Å²) in [6.45, 7) is 0. The Labute approximate surface area is 139 Å². The molecule has 112 valence electrons. The third kappa shape index (κ3) is 3.70. The van der Waals surface area contributed by atoms with Gasteiger partial charge in [-0.2, -0.15) is 0 Å². The number of carbonyl (C=O) groups excluding carboxylic acids is 1. The number of hydrogen-bond acceptors (Lipinski definition) is 7. The first-order valence-corrected chi connectivity index (χ1v) is 9.34. The second-order valence-electron chi connectivity index (χ2n) is 4.31. The number of thiazole rings is 1. The van der Waals surface area contributed by atoms with Crippen molar-refractivity contribution >= 4 is 45.5 Å². The molecule has 1 amide bonds. The van der Waals surface area contributed by atoms with Gasteiger partial charge in [0.15, 0.2) is 4.34 Å². The fraction of sp³-hybridized carbons (Fsp3) is 0.143. The lowest BCUT2D eigenvalue weighted by molar-refractivity contribution is -0.115. The van der Waals surface area contributed by atoms with Crippen molar-refractivity contribution in [2.24, 2.45) is 0 Å². The van der Waals surface area contributed by atoms with E-state index in [1.807, 2.05) is 42.0 Å². The van der Waals surface area contributed by atoms with E-state index < -0.39 is 0 Å². The lowest BCUT2D eigenvalue weighted by Crippen LogP contribution is -2.14. The molecule has 0 fully saturated rings. The molecule has 2 aromatic heterocycles. The highest BCUT2D eigenvalue weighted by atomic mass is 32.2. The van der Waals surface area contributed by atoms with Crippen LogP contribution in [0.5, 0.6) is 0 Å². The SMILES string of the molecule is CSc1nnc(NC(=O)Cc2csc(-c3ccccc3)n2)s1. The first-order chi connectivity index (χ1) is 10.7. The summed E-state index contributed by atoms with van der Waals surface area (Å²) in [5.41, 5.74) is 1.82. The molecule has 0 saturated carbocycles. The van der Waals surface area contributed by atoms with Gasteiger partial charge < -0.3 is 5.32 Å². The highest BCUT2D eigenvalue weighted by molar-refractivity contribution is 8.00. The van der Waals surface area contributed by atoms with E-state index in [9.17, 15) is 4.79 Å². The Bertz CT molecular complexity index is 769. The molecule has 22 heavy (non-hydrogen) atoms. The number of amides is 1. The summed E-state index contributed by atoms with van der Waals surface area (Å²) < 4.78 is 0.829. The Hall–Kier alpha value is -1.77. The molecular weight excluding hydrogens is 336 g/mol. The van der Waals surface area contributed by atoms with Crippen LogP contribution in [0, 0.1) is 0 Å². The summed E-state index contributed by atoms with van der Waals surface area (Å²) in [4.78, 5) is 16.5. The fourth-order valence-electron chi connectivity index (χ4n) is 1.77. The largest absolute Gasteiger partial charge is 0.300 e. The van der Waals surface area contributed by atoms with Crippen LogP contribution < -0.4 is 5.32 Å². The summed E-state index contributed by atoms with van der Waals surface area (Å²) in [6.07, 6.45) is 2.16. The van der Waals surface area contributed by atoms with Gasteiger partial charge in [-0.1, -0.05) is 53.4 Å². The van der Waals surface area contributed by atoms with E-state index in [2.05, 4.69) is 20.5 Å². The van der Waals surface area contributed by atoms with Crippen molar-refractivity contribution in [3.63, 3.8) is 0 Å². The van der Waals surface area contributed by atoms with E-state index in [4.69, 9.17) is 0 Å². The second kappa shape index (κ2) is 6.99. The number of benzene rings is 1. The molecule has 0 radical (unpaired) electrons. The van der Waals surface area contributed by atoms with Gasteiger partial charge in [0.1, 0.15) is 5.01 Å². The van der Waals surface area contributed by atoms with Crippen LogP contribution in [-0.4, -0.2) is 27.3 Å². The third-order valence-electron chi connectivity index (χ3n) is 2.74. The Morgan fingerprint density at radius 1 is 1.27 bits per heavy atom. The molecule has 0 aliphatic rings. The lowest BCUT2D eigenvalue weighted by atomic mass is 10.2. The zero-order valence-electron chi connectivity index (χ0n) is 11.6. The maximum Gasteiger partial charge on any atom is 0.232 e. The topological polar surface area (TPSA) is 67.8 Å². The number of carbonyl (C=O) groups is 1. The monoisotopic (exact) mass is 348 g/mol. The number of anilines is 1. The molecule has 0 unspecified atom stereocenters. The number of thioether (sulfide) groups is 1. The van der Waals surface area contributed by atoms with Gasteiger partial charge in [-0.3, -0.25) is 4.79 Å². The average Bonchev–Trinajstić information content (AvgIpc) is 3.17. The van der Waals surface area contributed by atoms with Gasteiger partial charge in [0.05, 0.1) is 12.1 Å². The van der Waals surface area contributed by atoms with Crippen LogP contribution in [-0.2, 0) is 11.2 Å². The minimum atomic E-state index is -0.131. The predicted molar refractivity (Wildman–Crippen MR) is 91.6 cm³/mol. The van der Waals surface area contributed by atoms with Crippen molar-refractivity contribution in [1.29, 1.82) is 0 Å². The smallest absolute Gasteiger partial charge is 0.232 e. The molecular formula is C14H12N4OS3. The van der Waals surface area contributed by atoms with Crippen LogP contribution in [0.2, 0.25) is 0 Å². The molecule has 8 heteroatoms. The van der Waals surface area contributed by atoms with Gasteiger partial charge in [0, 0.05) is 10.9 Å². The Kier molecular flexibility index (Phi) is 4.81. The summed E-state index contributed by atoms with van der Waals surface area (Å²) in [6, 6.07) is 9.93. The number of nitrogens with zero attached hydrogens (tertiary/aromatic N) is 3. The van der Waals surface area contributed by atoms with Gasteiger partial charge in [0.2, 0.25) is 11.0 Å². The first-order valence-electron chi connectivity index (χ1n) is 6.42. The van der Waals surface area contributed by atoms with Crippen LogP contribution >= 0.6 is 34.4 Å². The summed E-state index contributed by atoms with van der Waals surface area (Å²) in [7, 11) is 0. The van der Waals surface area contributed by atoms with Gasteiger partial charge in [-0.05, 0) is 6.26 Å². The van der Waals surface area contributed by atoms with E-state index in [0.29, 0.717) is 5.13 Å². The highest BCUT2D eigenvalue weighted by Gasteiger charge is 2.11. The molecule has 1 N–H and O–H groups in total. The lowest BCUT2D eigenvalue weighted by Gasteiger charge is -1.98. The van der Waals surface area contributed by atoms with E-state index in [0.717, 1.165) is 20.6 Å². The van der Waals surface area contributed by atoms with E-state index >= 15 is 0 Å². The van der Waals surface area contributed by atoms with Crippen LogP contribution in [0.25, 0.3) is 10.6 Å². The minimum absolute atomic E-state index is 0.131. The Balaban J connectivity index is 1.63. The van der Waals surface area contributed by atoms with Crippen molar-refractivity contribution in [3.05, 3.63) is 41.4 Å². The third-order valence-corrected chi connectivity index (χ3v) is 5.50. The number of hydrogen-bond donors (Lipinski definition) is 1.